The zero-order valence-corrected chi connectivity index (χ0v) is 13.1. The Balaban J connectivity index is 0.000000351. The monoisotopic (exact) mass is 353 g/mol. The van der Waals surface area contributed by atoms with Crippen LogP contribution < -0.4 is 10.1 Å². The molecule has 1 aromatic rings. The number of rotatable bonds is 4. The minimum absolute atomic E-state index is 0.101. The molecule has 11 heteroatoms. The fourth-order valence-electron chi connectivity index (χ4n) is 1.99. The molecule has 0 saturated carbocycles. The number of ether oxygens (including phenoxy) is 2. The number of alkyl halides is 3. The van der Waals surface area contributed by atoms with Crippen molar-refractivity contribution in [2.24, 2.45) is 0 Å². The Hall–Kier alpha value is -2.30. The third-order valence-electron chi connectivity index (χ3n) is 2.94. The van der Waals surface area contributed by atoms with Gasteiger partial charge in [-0.3, -0.25) is 4.79 Å². The first kappa shape index (κ1) is 19.7. The Morgan fingerprint density at radius 1 is 1.42 bits per heavy atom. The number of hydrogen-bond acceptors (Lipinski definition) is 6. The summed E-state index contributed by atoms with van der Waals surface area (Å²) in [5.41, 5.74) is 2.05. The van der Waals surface area contributed by atoms with Crippen LogP contribution in [0.1, 0.15) is 18.2 Å². The molecule has 0 spiro atoms. The van der Waals surface area contributed by atoms with Crippen molar-refractivity contribution in [3.8, 4) is 5.88 Å². The maximum atomic E-state index is 11.4. The lowest BCUT2D eigenvalue weighted by Crippen LogP contribution is -2.23. The predicted molar refractivity (Wildman–Crippen MR) is 74.5 cm³/mol. The van der Waals surface area contributed by atoms with E-state index in [9.17, 15) is 18.0 Å². The van der Waals surface area contributed by atoms with Gasteiger partial charge in [0.25, 0.3) is 0 Å². The average molecular weight is 353 g/mol. The summed E-state index contributed by atoms with van der Waals surface area (Å²) >= 11 is 0. The summed E-state index contributed by atoms with van der Waals surface area (Å²) in [6, 6.07) is 0. The molecule has 2 N–H and O–H groups in total. The highest BCUT2D eigenvalue weighted by molar-refractivity contribution is 5.73. The van der Waals surface area contributed by atoms with E-state index in [1.807, 2.05) is 0 Å². The summed E-state index contributed by atoms with van der Waals surface area (Å²) in [7, 11) is 1.59. The molecule has 0 unspecified atom stereocenters. The Bertz CT molecular complexity index is 586. The number of carboxylic acids is 1. The van der Waals surface area contributed by atoms with Gasteiger partial charge in [0.1, 0.15) is 6.54 Å². The van der Waals surface area contributed by atoms with Crippen LogP contribution in [0, 0.1) is 0 Å². The van der Waals surface area contributed by atoms with Gasteiger partial charge in [-0.05, 0) is 6.92 Å². The van der Waals surface area contributed by atoms with E-state index >= 15 is 0 Å². The topological polar surface area (TPSA) is 103 Å². The van der Waals surface area contributed by atoms with Crippen LogP contribution in [0.2, 0.25) is 0 Å². The number of aliphatic carboxylic acids is 1. The first-order chi connectivity index (χ1) is 11.2. The minimum atomic E-state index is -5.08. The van der Waals surface area contributed by atoms with E-state index in [1.165, 1.54) is 0 Å². The van der Waals surface area contributed by atoms with E-state index in [0.29, 0.717) is 12.5 Å². The summed E-state index contributed by atoms with van der Waals surface area (Å²) in [4.78, 5) is 20.3. The summed E-state index contributed by atoms with van der Waals surface area (Å²) in [5.74, 6) is -2.40. The summed E-state index contributed by atoms with van der Waals surface area (Å²) in [6.07, 6.45) is -4.22. The van der Waals surface area contributed by atoms with Crippen LogP contribution in [0.3, 0.4) is 0 Å². The normalized spacial score (nSPS) is 13.4. The van der Waals surface area contributed by atoms with Crippen molar-refractivity contribution >= 4 is 11.9 Å². The zero-order valence-electron chi connectivity index (χ0n) is 13.1. The zero-order chi connectivity index (χ0) is 18.3. The number of halogens is 3. The van der Waals surface area contributed by atoms with Gasteiger partial charge < -0.3 is 19.9 Å². The van der Waals surface area contributed by atoms with Crippen LogP contribution in [-0.4, -0.2) is 53.3 Å². The molecule has 136 valence electrons. The van der Waals surface area contributed by atoms with Crippen molar-refractivity contribution < 1.29 is 37.3 Å². The molecular weight excluding hydrogens is 335 g/mol. The molecule has 1 aromatic heterocycles. The molecule has 0 fully saturated rings. The van der Waals surface area contributed by atoms with E-state index in [2.05, 4.69) is 10.4 Å². The molecule has 24 heavy (non-hydrogen) atoms. The SMILES string of the molecule is CCOC(=O)Cn1nc2c(c1OC)CNCC2.O=C(O)C(F)(F)F. The highest BCUT2D eigenvalue weighted by Gasteiger charge is 2.38. The fraction of sp³-hybridized carbons (Fsp3) is 0.615. The van der Waals surface area contributed by atoms with E-state index in [-0.39, 0.29) is 12.5 Å². The lowest BCUT2D eigenvalue weighted by Gasteiger charge is -2.12. The van der Waals surface area contributed by atoms with Gasteiger partial charge in [-0.15, -0.1) is 0 Å². The Morgan fingerprint density at radius 2 is 2.04 bits per heavy atom. The highest BCUT2D eigenvalue weighted by Crippen LogP contribution is 2.24. The Labute approximate surface area is 135 Å². The number of carbonyl (C=O) groups excluding carboxylic acids is 1. The second kappa shape index (κ2) is 8.52. The Morgan fingerprint density at radius 3 is 2.54 bits per heavy atom. The molecule has 0 atom stereocenters. The molecule has 0 saturated heterocycles. The van der Waals surface area contributed by atoms with Gasteiger partial charge >= 0.3 is 18.1 Å². The van der Waals surface area contributed by atoms with Crippen LogP contribution in [0.25, 0.3) is 0 Å². The van der Waals surface area contributed by atoms with Crippen LogP contribution in [0.15, 0.2) is 0 Å². The Kier molecular flexibility index (Phi) is 7.01. The van der Waals surface area contributed by atoms with Crippen molar-refractivity contribution in [2.75, 3.05) is 20.3 Å². The lowest BCUT2D eigenvalue weighted by molar-refractivity contribution is -0.192. The number of nitrogens with zero attached hydrogens (tertiary/aromatic N) is 2. The van der Waals surface area contributed by atoms with Crippen molar-refractivity contribution in [1.82, 2.24) is 15.1 Å². The fourth-order valence-corrected chi connectivity index (χ4v) is 1.99. The number of carboxylic acid groups (broad SMARTS) is 1. The lowest BCUT2D eigenvalue weighted by atomic mass is 10.1. The first-order valence-electron chi connectivity index (χ1n) is 6.99. The standard InChI is InChI=1S/C11H17N3O3.C2HF3O2/c1-3-17-10(15)7-14-11(16-2)8-6-12-5-4-9(8)13-14;3-2(4,5)1(6)7/h12H,3-7H2,1-2H3;(H,6,7). The molecule has 0 bridgehead atoms. The maximum absolute atomic E-state index is 11.4. The molecule has 0 radical (unpaired) electrons. The first-order valence-corrected chi connectivity index (χ1v) is 6.99. The van der Waals surface area contributed by atoms with Crippen LogP contribution in [0.4, 0.5) is 13.2 Å². The highest BCUT2D eigenvalue weighted by atomic mass is 19.4. The van der Waals surface area contributed by atoms with E-state index in [0.717, 1.165) is 30.8 Å². The molecule has 0 aromatic carbocycles. The predicted octanol–water partition coefficient (Wildman–Crippen LogP) is 0.734. The van der Waals surface area contributed by atoms with Gasteiger partial charge in [-0.1, -0.05) is 0 Å². The van der Waals surface area contributed by atoms with Crippen LogP contribution in [0.5, 0.6) is 5.88 Å². The van der Waals surface area contributed by atoms with Gasteiger partial charge in [0.2, 0.25) is 5.88 Å². The number of nitrogens with one attached hydrogen (secondary N) is 1. The quantitative estimate of drug-likeness (QED) is 0.770. The van der Waals surface area contributed by atoms with Crippen molar-refractivity contribution in [3.05, 3.63) is 11.3 Å². The molecule has 0 aliphatic carbocycles. The minimum Gasteiger partial charge on any atom is -0.481 e. The van der Waals surface area contributed by atoms with Gasteiger partial charge in [0.15, 0.2) is 0 Å². The third kappa shape index (κ3) is 5.41. The summed E-state index contributed by atoms with van der Waals surface area (Å²) in [5, 5.41) is 14.8. The smallest absolute Gasteiger partial charge is 0.481 e. The number of esters is 1. The van der Waals surface area contributed by atoms with Gasteiger partial charge in [-0.25, -0.2) is 9.48 Å². The van der Waals surface area contributed by atoms with E-state index < -0.39 is 12.1 Å². The van der Waals surface area contributed by atoms with Gasteiger partial charge in [0.05, 0.1) is 25.0 Å². The third-order valence-corrected chi connectivity index (χ3v) is 2.94. The second-order valence-corrected chi connectivity index (χ2v) is 4.63. The molecule has 0 amide bonds. The van der Waals surface area contributed by atoms with E-state index in [1.54, 1.807) is 18.7 Å². The van der Waals surface area contributed by atoms with Crippen molar-refractivity contribution in [1.29, 1.82) is 0 Å². The molecule has 2 heterocycles. The van der Waals surface area contributed by atoms with Crippen LogP contribution in [-0.2, 0) is 33.8 Å². The number of fused-ring (bicyclic) bond motifs is 1. The van der Waals surface area contributed by atoms with Crippen molar-refractivity contribution in [3.63, 3.8) is 0 Å². The van der Waals surface area contributed by atoms with Gasteiger partial charge in [0, 0.05) is 19.5 Å². The number of methoxy groups -OCH3 is 1. The van der Waals surface area contributed by atoms with Crippen molar-refractivity contribution in [2.45, 2.75) is 32.6 Å². The molecular formula is C13H18F3N3O5. The molecule has 8 nitrogen and oxygen atoms in total. The second-order valence-electron chi connectivity index (χ2n) is 4.63. The largest absolute Gasteiger partial charge is 0.490 e. The summed E-state index contributed by atoms with van der Waals surface area (Å²) in [6.45, 7) is 3.91. The number of aromatic nitrogens is 2. The van der Waals surface area contributed by atoms with Crippen LogP contribution >= 0.6 is 0 Å². The average Bonchev–Trinajstić information content (AvgIpc) is 2.83. The molecule has 1 aliphatic rings. The van der Waals surface area contributed by atoms with Gasteiger partial charge in [-0.2, -0.15) is 18.3 Å². The van der Waals surface area contributed by atoms with E-state index in [4.69, 9.17) is 19.4 Å². The molecule has 1 aliphatic heterocycles. The summed E-state index contributed by atoms with van der Waals surface area (Å²) < 4.78 is 43.5. The molecule has 2 rings (SSSR count). The number of hydrogen-bond donors (Lipinski definition) is 2. The number of carbonyl (C=O) groups is 2. The maximum Gasteiger partial charge on any atom is 0.490 e.